The summed E-state index contributed by atoms with van der Waals surface area (Å²) in [5, 5.41) is 0. The van der Waals surface area contributed by atoms with E-state index in [0.29, 0.717) is 12.8 Å². The number of amides is 1. The summed E-state index contributed by atoms with van der Waals surface area (Å²) in [6.07, 6.45) is 4.13. The quantitative estimate of drug-likeness (QED) is 0.768. The Morgan fingerprint density at radius 3 is 2.26 bits per heavy atom. The SMILES string of the molecule is CC(C)C(=O)CCC(C)(C)OC(=O)N1CCCCC1. The minimum atomic E-state index is -0.570. The lowest BCUT2D eigenvalue weighted by Gasteiger charge is -2.31. The van der Waals surface area contributed by atoms with Gasteiger partial charge < -0.3 is 9.64 Å². The highest BCUT2D eigenvalue weighted by atomic mass is 16.6. The van der Waals surface area contributed by atoms with Gasteiger partial charge in [-0.05, 0) is 39.5 Å². The van der Waals surface area contributed by atoms with Crippen molar-refractivity contribution >= 4 is 11.9 Å². The Kier molecular flexibility index (Phi) is 5.83. The zero-order valence-corrected chi connectivity index (χ0v) is 12.7. The molecule has 1 fully saturated rings. The van der Waals surface area contributed by atoms with Crippen molar-refractivity contribution in [1.82, 2.24) is 4.90 Å². The van der Waals surface area contributed by atoms with Crippen LogP contribution >= 0.6 is 0 Å². The molecule has 0 N–H and O–H groups in total. The number of ether oxygens (including phenoxy) is 1. The third kappa shape index (κ3) is 5.62. The van der Waals surface area contributed by atoms with Crippen LogP contribution in [0.5, 0.6) is 0 Å². The van der Waals surface area contributed by atoms with Crippen LogP contribution in [0.1, 0.15) is 59.8 Å². The zero-order chi connectivity index (χ0) is 14.5. The normalized spacial score (nSPS) is 16.6. The van der Waals surface area contributed by atoms with E-state index in [9.17, 15) is 9.59 Å². The molecule has 1 rings (SSSR count). The molecule has 0 aromatic heterocycles. The van der Waals surface area contributed by atoms with Crippen LogP contribution in [-0.2, 0) is 9.53 Å². The highest BCUT2D eigenvalue weighted by Gasteiger charge is 2.27. The van der Waals surface area contributed by atoms with Crippen LogP contribution in [0, 0.1) is 5.92 Å². The molecule has 1 saturated heterocycles. The number of hydrogen-bond acceptors (Lipinski definition) is 3. The molecule has 110 valence electrons. The molecular weight excluding hydrogens is 242 g/mol. The Balaban J connectivity index is 2.40. The lowest BCUT2D eigenvalue weighted by atomic mass is 9.96. The summed E-state index contributed by atoms with van der Waals surface area (Å²) in [6, 6.07) is 0. The molecule has 0 aliphatic carbocycles. The van der Waals surface area contributed by atoms with Gasteiger partial charge in [0.05, 0.1) is 0 Å². The molecule has 4 nitrogen and oxygen atoms in total. The maximum Gasteiger partial charge on any atom is 0.410 e. The molecule has 1 heterocycles. The van der Waals surface area contributed by atoms with Gasteiger partial charge in [0.15, 0.2) is 0 Å². The summed E-state index contributed by atoms with van der Waals surface area (Å²) in [7, 11) is 0. The van der Waals surface area contributed by atoms with Gasteiger partial charge >= 0.3 is 6.09 Å². The first-order chi connectivity index (χ1) is 8.82. The molecule has 0 radical (unpaired) electrons. The number of carbonyl (C=O) groups is 2. The van der Waals surface area contributed by atoms with Crippen molar-refractivity contribution in [2.45, 2.75) is 65.4 Å². The summed E-state index contributed by atoms with van der Waals surface area (Å²) >= 11 is 0. The minimum Gasteiger partial charge on any atom is -0.443 e. The molecule has 0 spiro atoms. The van der Waals surface area contributed by atoms with Crippen LogP contribution in [0.15, 0.2) is 0 Å². The largest absolute Gasteiger partial charge is 0.443 e. The number of rotatable bonds is 5. The molecule has 0 aromatic carbocycles. The molecular formula is C15H27NO3. The van der Waals surface area contributed by atoms with Gasteiger partial charge in [-0.25, -0.2) is 4.79 Å². The Hall–Kier alpha value is -1.06. The van der Waals surface area contributed by atoms with Gasteiger partial charge in [0.25, 0.3) is 0 Å². The van der Waals surface area contributed by atoms with Crippen molar-refractivity contribution in [3.05, 3.63) is 0 Å². The Labute approximate surface area is 116 Å². The molecule has 1 aliphatic heterocycles. The second-order valence-corrected chi connectivity index (χ2v) is 6.30. The van der Waals surface area contributed by atoms with Crippen molar-refractivity contribution in [1.29, 1.82) is 0 Å². The summed E-state index contributed by atoms with van der Waals surface area (Å²) in [5.41, 5.74) is -0.570. The summed E-state index contributed by atoms with van der Waals surface area (Å²) < 4.78 is 5.54. The second-order valence-electron chi connectivity index (χ2n) is 6.30. The summed E-state index contributed by atoms with van der Waals surface area (Å²) in [5.74, 6) is 0.274. The second kappa shape index (κ2) is 6.92. The van der Waals surface area contributed by atoms with Gasteiger partial charge in [0.1, 0.15) is 11.4 Å². The summed E-state index contributed by atoms with van der Waals surface area (Å²) in [6.45, 7) is 9.13. The first-order valence-electron chi connectivity index (χ1n) is 7.32. The first kappa shape index (κ1) is 16.0. The first-order valence-corrected chi connectivity index (χ1v) is 7.32. The predicted molar refractivity (Wildman–Crippen MR) is 75.1 cm³/mol. The molecule has 0 unspecified atom stereocenters. The third-order valence-corrected chi connectivity index (χ3v) is 3.60. The fraction of sp³-hybridized carbons (Fsp3) is 0.867. The molecule has 19 heavy (non-hydrogen) atoms. The molecule has 4 heteroatoms. The minimum absolute atomic E-state index is 0.0496. The summed E-state index contributed by atoms with van der Waals surface area (Å²) in [4.78, 5) is 25.4. The Bertz CT molecular complexity index is 317. The number of piperidine rings is 1. The fourth-order valence-corrected chi connectivity index (χ4v) is 2.14. The standard InChI is InChI=1S/C15H27NO3/c1-12(2)13(17)8-9-15(3,4)19-14(18)16-10-6-5-7-11-16/h12H,5-11H2,1-4H3. The maximum atomic E-state index is 12.0. The molecule has 0 saturated carbocycles. The van der Waals surface area contributed by atoms with E-state index in [0.717, 1.165) is 25.9 Å². The van der Waals surface area contributed by atoms with Crippen molar-refractivity contribution in [2.24, 2.45) is 5.92 Å². The molecule has 0 bridgehead atoms. The lowest BCUT2D eigenvalue weighted by molar-refractivity contribution is -0.123. The number of carbonyl (C=O) groups excluding carboxylic acids is 2. The Morgan fingerprint density at radius 1 is 1.16 bits per heavy atom. The van der Waals surface area contributed by atoms with E-state index in [1.165, 1.54) is 6.42 Å². The monoisotopic (exact) mass is 269 g/mol. The van der Waals surface area contributed by atoms with Crippen LogP contribution in [0.3, 0.4) is 0 Å². The van der Waals surface area contributed by atoms with Gasteiger partial charge in [-0.1, -0.05) is 13.8 Å². The van der Waals surface area contributed by atoms with Crippen molar-refractivity contribution < 1.29 is 14.3 Å². The van der Waals surface area contributed by atoms with Gasteiger partial charge in [-0.3, -0.25) is 4.79 Å². The third-order valence-electron chi connectivity index (χ3n) is 3.60. The van der Waals surface area contributed by atoms with E-state index in [1.807, 2.05) is 27.7 Å². The van der Waals surface area contributed by atoms with Crippen molar-refractivity contribution in [3.8, 4) is 0 Å². The van der Waals surface area contributed by atoms with E-state index >= 15 is 0 Å². The highest BCUT2D eigenvalue weighted by Crippen LogP contribution is 2.21. The molecule has 0 atom stereocenters. The molecule has 1 amide bonds. The van der Waals surface area contributed by atoms with E-state index in [4.69, 9.17) is 4.74 Å². The van der Waals surface area contributed by atoms with E-state index in [-0.39, 0.29) is 17.8 Å². The average Bonchev–Trinajstić information content (AvgIpc) is 2.36. The highest BCUT2D eigenvalue weighted by molar-refractivity contribution is 5.80. The number of hydrogen-bond donors (Lipinski definition) is 0. The predicted octanol–water partition coefficient (Wildman–Crippen LogP) is 3.39. The van der Waals surface area contributed by atoms with Crippen LogP contribution in [-0.4, -0.2) is 35.5 Å². The number of ketones is 1. The van der Waals surface area contributed by atoms with E-state index in [2.05, 4.69) is 0 Å². The van der Waals surface area contributed by atoms with E-state index in [1.54, 1.807) is 4.90 Å². The van der Waals surface area contributed by atoms with Gasteiger partial charge in [-0.15, -0.1) is 0 Å². The fourth-order valence-electron chi connectivity index (χ4n) is 2.14. The van der Waals surface area contributed by atoms with Crippen LogP contribution in [0.2, 0.25) is 0 Å². The van der Waals surface area contributed by atoms with Crippen LogP contribution in [0.25, 0.3) is 0 Å². The smallest absolute Gasteiger partial charge is 0.410 e. The lowest BCUT2D eigenvalue weighted by Crippen LogP contribution is -2.41. The van der Waals surface area contributed by atoms with Gasteiger partial charge in [0.2, 0.25) is 0 Å². The van der Waals surface area contributed by atoms with Gasteiger partial charge in [-0.2, -0.15) is 0 Å². The molecule has 1 aliphatic rings. The number of likely N-dealkylation sites (tertiary alicyclic amines) is 1. The number of Topliss-reactive ketones (excluding diaryl/α,β-unsaturated/α-hetero) is 1. The van der Waals surface area contributed by atoms with Crippen molar-refractivity contribution in [3.63, 3.8) is 0 Å². The van der Waals surface area contributed by atoms with Crippen LogP contribution < -0.4 is 0 Å². The van der Waals surface area contributed by atoms with Crippen LogP contribution in [0.4, 0.5) is 4.79 Å². The number of nitrogens with zero attached hydrogens (tertiary/aromatic N) is 1. The Morgan fingerprint density at radius 2 is 1.74 bits per heavy atom. The van der Waals surface area contributed by atoms with E-state index < -0.39 is 5.60 Å². The zero-order valence-electron chi connectivity index (χ0n) is 12.7. The maximum absolute atomic E-state index is 12.0. The van der Waals surface area contributed by atoms with Crippen molar-refractivity contribution in [2.75, 3.05) is 13.1 Å². The average molecular weight is 269 g/mol. The topological polar surface area (TPSA) is 46.6 Å². The van der Waals surface area contributed by atoms with Gasteiger partial charge in [0, 0.05) is 25.4 Å². The molecule has 0 aromatic rings.